The molecule has 0 aromatic heterocycles. The lowest BCUT2D eigenvalue weighted by Crippen LogP contribution is -2.34. The van der Waals surface area contributed by atoms with Gasteiger partial charge < -0.3 is 10.1 Å². The van der Waals surface area contributed by atoms with Crippen molar-refractivity contribution in [2.45, 2.75) is 26.4 Å². The van der Waals surface area contributed by atoms with Gasteiger partial charge in [0.25, 0.3) is 0 Å². The molecule has 0 fully saturated rings. The van der Waals surface area contributed by atoms with Crippen molar-refractivity contribution in [3.05, 3.63) is 0 Å². The smallest absolute Gasteiger partial charge is 0.407 e. The molecule has 5 heteroatoms. The lowest BCUT2D eigenvalue weighted by Gasteiger charge is -2.19. The monoisotopic (exact) mass is 191 g/mol. The first-order valence-corrected chi connectivity index (χ1v) is 4.08. The van der Waals surface area contributed by atoms with E-state index in [1.165, 1.54) is 7.11 Å². The van der Waals surface area contributed by atoms with Crippen LogP contribution in [0.5, 0.6) is 0 Å². The minimum atomic E-state index is -0.466. The summed E-state index contributed by atoms with van der Waals surface area (Å²) >= 11 is 0. The Kier molecular flexibility index (Phi) is 5.41. The number of hydrogen-bond donors (Lipinski definition) is 1. The molecule has 0 spiro atoms. The van der Waals surface area contributed by atoms with Crippen molar-refractivity contribution in [2.24, 2.45) is 0 Å². The Morgan fingerprint density at radius 3 is 2.46 bits per heavy atom. The highest BCUT2D eigenvalue weighted by molar-refractivity contribution is 5.67. The summed E-state index contributed by atoms with van der Waals surface area (Å²) in [5.41, 5.74) is -0.466. The van der Waals surface area contributed by atoms with Gasteiger partial charge in [-0.3, -0.25) is 0 Å². The van der Waals surface area contributed by atoms with Crippen molar-refractivity contribution in [1.82, 2.24) is 5.32 Å². The van der Waals surface area contributed by atoms with Crippen LogP contribution in [0.15, 0.2) is 0 Å². The van der Waals surface area contributed by atoms with Crippen LogP contribution in [0.2, 0.25) is 0 Å². The fourth-order valence-electron chi connectivity index (χ4n) is 0.592. The Morgan fingerprint density at radius 2 is 2.00 bits per heavy atom. The molecule has 13 heavy (non-hydrogen) atoms. The highest BCUT2D eigenvalue weighted by Gasteiger charge is 2.15. The Morgan fingerprint density at radius 1 is 1.38 bits per heavy atom. The van der Waals surface area contributed by atoms with Gasteiger partial charge in [0.1, 0.15) is 5.60 Å². The van der Waals surface area contributed by atoms with Crippen LogP contribution in [-0.4, -0.2) is 32.0 Å². The maximum Gasteiger partial charge on any atom is 0.407 e. The fraction of sp³-hybridized carbons (Fsp3) is 0.875. The Bertz CT molecular complexity index is 153. The maximum absolute atomic E-state index is 11.0. The number of carbonyl (C=O) groups is 1. The van der Waals surface area contributed by atoms with Gasteiger partial charge >= 0.3 is 6.09 Å². The van der Waals surface area contributed by atoms with E-state index in [2.05, 4.69) is 15.1 Å². The maximum atomic E-state index is 11.0. The summed E-state index contributed by atoms with van der Waals surface area (Å²) in [5, 5.41) is 2.51. The predicted octanol–water partition coefficient (Wildman–Crippen LogP) is 1.09. The normalized spacial score (nSPS) is 11.1. The minimum absolute atomic E-state index is 0.301. The van der Waals surface area contributed by atoms with Gasteiger partial charge in [-0.05, 0) is 20.8 Å². The number of amides is 1. The average Bonchev–Trinajstić information content (AvgIpc) is 1.94. The van der Waals surface area contributed by atoms with Crippen LogP contribution < -0.4 is 5.32 Å². The van der Waals surface area contributed by atoms with Crippen molar-refractivity contribution in [3.63, 3.8) is 0 Å². The molecular weight excluding hydrogens is 174 g/mol. The number of ether oxygens (including phenoxy) is 1. The third-order valence-electron chi connectivity index (χ3n) is 0.971. The summed E-state index contributed by atoms with van der Waals surface area (Å²) in [6, 6.07) is 0. The van der Waals surface area contributed by atoms with Crippen LogP contribution >= 0.6 is 0 Å². The van der Waals surface area contributed by atoms with Crippen LogP contribution in [-0.2, 0) is 14.5 Å². The zero-order valence-corrected chi connectivity index (χ0v) is 8.55. The van der Waals surface area contributed by atoms with Gasteiger partial charge in [-0.2, -0.15) is 0 Å². The first-order chi connectivity index (χ1) is 5.95. The van der Waals surface area contributed by atoms with E-state index >= 15 is 0 Å². The van der Waals surface area contributed by atoms with Crippen LogP contribution in [0.4, 0.5) is 4.79 Å². The lowest BCUT2D eigenvalue weighted by atomic mass is 10.2. The second-order valence-corrected chi connectivity index (χ2v) is 3.42. The van der Waals surface area contributed by atoms with Gasteiger partial charge in [-0.1, -0.05) is 0 Å². The number of rotatable bonds is 4. The van der Waals surface area contributed by atoms with Gasteiger partial charge in [-0.25, -0.2) is 14.6 Å². The van der Waals surface area contributed by atoms with E-state index in [0.29, 0.717) is 13.2 Å². The molecule has 78 valence electrons. The van der Waals surface area contributed by atoms with Crippen molar-refractivity contribution < 1.29 is 19.3 Å². The SMILES string of the molecule is COOCCNC(=O)OC(C)(C)C. The molecule has 0 heterocycles. The van der Waals surface area contributed by atoms with Crippen molar-refractivity contribution >= 4 is 6.09 Å². The third kappa shape index (κ3) is 9.10. The van der Waals surface area contributed by atoms with Crippen LogP contribution in [0.3, 0.4) is 0 Å². The summed E-state index contributed by atoms with van der Waals surface area (Å²) in [6.45, 7) is 6.08. The second-order valence-electron chi connectivity index (χ2n) is 3.42. The molecule has 0 rings (SSSR count). The van der Waals surface area contributed by atoms with E-state index in [4.69, 9.17) is 4.74 Å². The van der Waals surface area contributed by atoms with Crippen LogP contribution in [0.1, 0.15) is 20.8 Å². The Labute approximate surface area is 78.3 Å². The van der Waals surface area contributed by atoms with Crippen molar-refractivity contribution in [2.75, 3.05) is 20.3 Å². The molecule has 0 radical (unpaired) electrons. The van der Waals surface area contributed by atoms with Crippen LogP contribution in [0, 0.1) is 0 Å². The van der Waals surface area contributed by atoms with E-state index in [1.807, 2.05) is 0 Å². The van der Waals surface area contributed by atoms with Gasteiger partial charge in [0.15, 0.2) is 0 Å². The fourth-order valence-corrected chi connectivity index (χ4v) is 0.592. The topological polar surface area (TPSA) is 56.8 Å². The molecule has 0 atom stereocenters. The molecule has 1 N–H and O–H groups in total. The predicted molar refractivity (Wildman–Crippen MR) is 47.2 cm³/mol. The van der Waals surface area contributed by atoms with Gasteiger partial charge in [-0.15, -0.1) is 0 Å². The van der Waals surface area contributed by atoms with E-state index < -0.39 is 11.7 Å². The van der Waals surface area contributed by atoms with E-state index in [-0.39, 0.29) is 0 Å². The minimum Gasteiger partial charge on any atom is -0.444 e. The van der Waals surface area contributed by atoms with E-state index in [1.54, 1.807) is 20.8 Å². The molecule has 1 amide bonds. The van der Waals surface area contributed by atoms with Gasteiger partial charge in [0, 0.05) is 6.54 Å². The van der Waals surface area contributed by atoms with Crippen molar-refractivity contribution in [3.8, 4) is 0 Å². The molecule has 0 aliphatic heterocycles. The molecule has 0 saturated heterocycles. The zero-order chi connectivity index (χ0) is 10.3. The van der Waals surface area contributed by atoms with Crippen molar-refractivity contribution in [1.29, 1.82) is 0 Å². The zero-order valence-electron chi connectivity index (χ0n) is 8.55. The number of carbonyl (C=O) groups excluding carboxylic acids is 1. The Balaban J connectivity index is 3.41. The standard InChI is InChI=1S/C8H17NO4/c1-8(2,3)13-7(10)9-5-6-12-11-4/h5-6H2,1-4H3,(H,9,10). The molecule has 0 aliphatic rings. The van der Waals surface area contributed by atoms with Gasteiger partial charge in [0.05, 0.1) is 13.7 Å². The quantitative estimate of drug-likeness (QED) is 0.410. The first kappa shape index (κ1) is 12.2. The number of nitrogens with one attached hydrogen (secondary N) is 1. The molecule has 5 nitrogen and oxygen atoms in total. The third-order valence-corrected chi connectivity index (χ3v) is 0.971. The molecule has 0 aromatic rings. The average molecular weight is 191 g/mol. The largest absolute Gasteiger partial charge is 0.444 e. The summed E-state index contributed by atoms with van der Waals surface area (Å²) < 4.78 is 4.97. The highest BCUT2D eigenvalue weighted by atomic mass is 17.2. The summed E-state index contributed by atoms with van der Waals surface area (Å²) in [7, 11) is 1.41. The molecule has 0 unspecified atom stereocenters. The molecular formula is C8H17NO4. The molecule has 0 saturated carbocycles. The number of alkyl carbamates (subject to hydrolysis) is 1. The molecule has 0 aliphatic carbocycles. The summed E-state index contributed by atoms with van der Waals surface area (Å²) in [6.07, 6.45) is -0.452. The van der Waals surface area contributed by atoms with E-state index in [0.717, 1.165) is 0 Å². The Hall–Kier alpha value is -0.810. The van der Waals surface area contributed by atoms with Gasteiger partial charge in [0.2, 0.25) is 0 Å². The summed E-state index contributed by atoms with van der Waals surface area (Å²) in [5.74, 6) is 0. The summed E-state index contributed by atoms with van der Waals surface area (Å²) in [4.78, 5) is 19.9. The van der Waals surface area contributed by atoms with E-state index in [9.17, 15) is 4.79 Å². The number of hydrogen-bond acceptors (Lipinski definition) is 4. The second kappa shape index (κ2) is 5.77. The molecule has 0 aromatic carbocycles. The van der Waals surface area contributed by atoms with Crippen LogP contribution in [0.25, 0.3) is 0 Å². The molecule has 0 bridgehead atoms. The first-order valence-electron chi connectivity index (χ1n) is 4.08. The highest BCUT2D eigenvalue weighted by Crippen LogP contribution is 2.05. The lowest BCUT2D eigenvalue weighted by molar-refractivity contribution is -0.270.